The van der Waals surface area contributed by atoms with E-state index in [9.17, 15) is 36.4 Å². The normalized spacial score (nSPS) is 19.4. The number of aromatic nitrogens is 1. The molecule has 0 saturated carbocycles. The molecule has 16 heteroatoms. The lowest BCUT2D eigenvalue weighted by atomic mass is 10.00. The minimum absolute atomic E-state index is 0.0797. The van der Waals surface area contributed by atoms with Crippen LogP contribution in [0.3, 0.4) is 0 Å². The fourth-order valence-electron chi connectivity index (χ4n) is 6.01. The van der Waals surface area contributed by atoms with E-state index in [1.165, 1.54) is 16.7 Å². The Hall–Kier alpha value is -5.12. The van der Waals surface area contributed by atoms with Crippen LogP contribution in [0.5, 0.6) is 0 Å². The molecule has 0 bridgehead atoms. The maximum atomic E-state index is 14.3. The molecule has 1 N–H and O–H groups in total. The van der Waals surface area contributed by atoms with E-state index >= 15 is 0 Å². The monoisotopic (exact) mass is 754 g/mol. The molecule has 2 saturated heterocycles. The van der Waals surface area contributed by atoms with Crippen molar-refractivity contribution in [3.05, 3.63) is 125 Å². The second-order valence-electron chi connectivity index (χ2n) is 13.5. The molecule has 0 aliphatic carbocycles. The lowest BCUT2D eigenvalue weighted by Crippen LogP contribution is -2.70. The van der Waals surface area contributed by atoms with Crippen molar-refractivity contribution < 1.29 is 50.5 Å². The molecule has 10 nitrogen and oxygen atoms in total. The van der Waals surface area contributed by atoms with Crippen molar-refractivity contribution >= 4 is 42.9 Å². The van der Waals surface area contributed by atoms with Crippen LogP contribution in [0.25, 0.3) is 0 Å². The van der Waals surface area contributed by atoms with Gasteiger partial charge < -0.3 is 37.0 Å². The first-order valence-electron chi connectivity index (χ1n) is 16.8. The highest BCUT2D eigenvalue weighted by atomic mass is 32.2. The van der Waals surface area contributed by atoms with Crippen molar-refractivity contribution in [2.24, 2.45) is 7.05 Å². The molecule has 4 heterocycles. The number of nitrogens with one attached hydrogen (secondary N) is 1. The van der Waals surface area contributed by atoms with Crippen LogP contribution in [0, 0.1) is 0 Å². The third kappa shape index (κ3) is 10.1. The van der Waals surface area contributed by atoms with Gasteiger partial charge in [0.25, 0.3) is 5.91 Å². The third-order valence-electron chi connectivity index (χ3n) is 8.37. The number of carbonyl (C=O) groups excluding carboxylic acids is 4. The van der Waals surface area contributed by atoms with Gasteiger partial charge in [0.1, 0.15) is 36.3 Å². The number of aryl methyl sites for hydroxylation is 1. The van der Waals surface area contributed by atoms with Gasteiger partial charge in [0.05, 0.1) is 0 Å². The number of hydrogen-bond donors (Lipinski definition) is 1. The number of benzene rings is 2. The summed E-state index contributed by atoms with van der Waals surface area (Å²) < 4.78 is 52.6. The van der Waals surface area contributed by atoms with Gasteiger partial charge in [0.15, 0.2) is 12.3 Å². The molecule has 3 amide bonds. The fraction of sp³-hybridized carbons (Fsp3) is 0.324. The van der Waals surface area contributed by atoms with Crippen molar-refractivity contribution in [2.75, 3.05) is 12.3 Å². The Bertz CT molecular complexity index is 1860. The van der Waals surface area contributed by atoms with Gasteiger partial charge in [0, 0.05) is 30.0 Å². The average Bonchev–Trinajstić information content (AvgIpc) is 3.43. The van der Waals surface area contributed by atoms with E-state index < -0.39 is 48.3 Å². The molecule has 280 valence electrons. The van der Waals surface area contributed by atoms with Crippen LogP contribution in [-0.4, -0.2) is 70.2 Å². The van der Waals surface area contributed by atoms with Gasteiger partial charge >= 0.3 is 19.3 Å². The molecule has 2 fully saturated rings. The molecule has 2 atom stereocenters. The minimum Gasteiger partial charge on any atom is -0.448 e. The number of β-lactam (4-membered cyclic amide) rings is 1. The maximum absolute atomic E-state index is 14.3. The molecule has 0 spiro atoms. The highest BCUT2D eigenvalue weighted by Gasteiger charge is 2.55. The SMILES string of the molecule is C[n+]1ccccc1CN1CCC(=CC2=C(C(=O)OC(c3ccccc3)c3ccccc3)N3C(=O)[C@@H](NC(=O)OC(C)(C)C)[C@H]3SC2)C1=O.F[B-](F)(F)F. The number of nitrogens with zero attached hydrogens (tertiary/aromatic N) is 3. The summed E-state index contributed by atoms with van der Waals surface area (Å²) in [5.74, 6) is -0.922. The van der Waals surface area contributed by atoms with Gasteiger partial charge in [-0.2, -0.15) is 0 Å². The molecule has 1 aromatic heterocycles. The molecule has 0 unspecified atom stereocenters. The summed E-state index contributed by atoms with van der Waals surface area (Å²) in [5, 5.41) is 2.13. The Morgan fingerprint density at radius 1 is 0.981 bits per heavy atom. The molecule has 3 aromatic rings. The van der Waals surface area contributed by atoms with Gasteiger partial charge in [-0.1, -0.05) is 66.7 Å². The average molecular weight is 755 g/mol. The summed E-state index contributed by atoms with van der Waals surface area (Å²) in [7, 11) is -4.06. The first-order valence-corrected chi connectivity index (χ1v) is 17.8. The van der Waals surface area contributed by atoms with Gasteiger partial charge in [-0.25, -0.2) is 14.2 Å². The smallest absolute Gasteiger partial charge is 0.448 e. The number of halogens is 4. The lowest BCUT2D eigenvalue weighted by Gasteiger charge is -2.49. The van der Waals surface area contributed by atoms with Gasteiger partial charge in [-0.05, 0) is 50.0 Å². The Balaban J connectivity index is 0.00000101. The summed E-state index contributed by atoms with van der Waals surface area (Å²) in [5.41, 5.74) is 2.97. The number of likely N-dealkylation sites (tertiary alicyclic amines) is 1. The van der Waals surface area contributed by atoms with E-state index in [1.807, 2.05) is 96.7 Å². The number of carbonyl (C=O) groups is 4. The van der Waals surface area contributed by atoms with Crippen LogP contribution in [-0.2, 0) is 37.4 Å². The number of ether oxygens (including phenoxy) is 2. The maximum Gasteiger partial charge on any atom is 0.673 e. The summed E-state index contributed by atoms with van der Waals surface area (Å²) >= 11 is 1.41. The largest absolute Gasteiger partial charge is 0.673 e. The lowest BCUT2D eigenvalue weighted by molar-refractivity contribution is -0.680. The first-order chi connectivity index (χ1) is 25.0. The van der Waals surface area contributed by atoms with Gasteiger partial charge in [-0.3, -0.25) is 14.5 Å². The predicted octanol–water partition coefficient (Wildman–Crippen LogP) is 5.87. The van der Waals surface area contributed by atoms with Crippen LogP contribution < -0.4 is 9.88 Å². The van der Waals surface area contributed by atoms with Crippen LogP contribution in [0.15, 0.2) is 108 Å². The number of pyridine rings is 1. The molecule has 2 aromatic carbocycles. The zero-order valence-corrected chi connectivity index (χ0v) is 30.3. The van der Waals surface area contributed by atoms with Crippen LogP contribution >= 0.6 is 11.8 Å². The molecule has 53 heavy (non-hydrogen) atoms. The van der Waals surface area contributed by atoms with Gasteiger partial charge in [0.2, 0.25) is 11.6 Å². The number of hydrogen-bond acceptors (Lipinski definition) is 7. The van der Waals surface area contributed by atoms with Crippen molar-refractivity contribution in [3.8, 4) is 0 Å². The van der Waals surface area contributed by atoms with Crippen LogP contribution in [0.2, 0.25) is 0 Å². The number of fused-ring (bicyclic) bond motifs is 1. The van der Waals surface area contributed by atoms with E-state index in [-0.39, 0.29) is 11.6 Å². The minimum atomic E-state index is -6.00. The number of rotatable bonds is 8. The highest BCUT2D eigenvalue weighted by Crippen LogP contribution is 2.42. The van der Waals surface area contributed by atoms with Gasteiger partial charge in [-0.15, -0.1) is 11.8 Å². The molecule has 0 radical (unpaired) electrons. The summed E-state index contributed by atoms with van der Waals surface area (Å²) in [4.78, 5) is 57.3. The topological polar surface area (TPSA) is 109 Å². The van der Waals surface area contributed by atoms with Crippen molar-refractivity contribution in [2.45, 2.75) is 56.9 Å². The van der Waals surface area contributed by atoms with E-state index in [4.69, 9.17) is 9.47 Å². The second kappa shape index (κ2) is 16.3. The molecular weight excluding hydrogens is 715 g/mol. The number of allylic oxidation sites excluding steroid dienone is 1. The quantitative estimate of drug-likeness (QED) is 0.0767. The zero-order valence-electron chi connectivity index (χ0n) is 29.5. The number of alkyl carbamates (subject to hydrolysis) is 1. The van der Waals surface area contributed by atoms with Crippen molar-refractivity contribution in [1.82, 2.24) is 15.1 Å². The highest BCUT2D eigenvalue weighted by molar-refractivity contribution is 8.00. The van der Waals surface area contributed by atoms with Crippen LogP contribution in [0.4, 0.5) is 22.1 Å². The van der Waals surface area contributed by atoms with E-state index in [1.54, 1.807) is 31.7 Å². The molecular formula is C37H39BF4N4O6S. The Kier molecular flexibility index (Phi) is 12.0. The third-order valence-corrected chi connectivity index (χ3v) is 9.67. The number of esters is 1. The fourth-order valence-corrected chi connectivity index (χ4v) is 7.31. The standard InChI is InChI=1S/C37H38N4O6S.BF4/c1-37(2,3)47-36(45)38-29-33(43)41-30(35(44)46-31(24-13-7-5-8-14-24)25-15-9-6-10-16-25)27(23-48-34(29)41)21-26-18-20-40(32(26)42)22-28-17-11-12-19-39(28)4;2-1(3,4)5/h5-17,19,21,29,31,34H,18,20,22-23H2,1-4H3;/q;-1/p+1/t29-,34-;/m1./s1. The molecule has 3 aliphatic rings. The van der Waals surface area contributed by atoms with Crippen LogP contribution in [0.1, 0.15) is 50.1 Å². The van der Waals surface area contributed by atoms with Crippen molar-refractivity contribution in [3.63, 3.8) is 0 Å². The Morgan fingerprint density at radius 3 is 2.13 bits per heavy atom. The van der Waals surface area contributed by atoms with Crippen molar-refractivity contribution in [1.29, 1.82) is 0 Å². The summed E-state index contributed by atoms with van der Waals surface area (Å²) in [6.07, 6.45) is 2.74. The zero-order chi connectivity index (χ0) is 38.5. The Labute approximate surface area is 308 Å². The van der Waals surface area contributed by atoms with E-state index in [0.717, 1.165) is 16.8 Å². The number of amides is 3. The first kappa shape index (κ1) is 39.1. The summed E-state index contributed by atoms with van der Waals surface area (Å²) in [6, 6.07) is 23.8. The predicted molar refractivity (Wildman–Crippen MR) is 190 cm³/mol. The van der Waals surface area contributed by atoms with E-state index in [2.05, 4.69) is 5.32 Å². The second-order valence-corrected chi connectivity index (χ2v) is 14.6. The Morgan fingerprint density at radius 2 is 1.57 bits per heavy atom. The summed E-state index contributed by atoms with van der Waals surface area (Å²) in [6.45, 7) is 6.23. The molecule has 6 rings (SSSR count). The number of thioether (sulfide) groups is 1. The van der Waals surface area contributed by atoms with E-state index in [0.29, 0.717) is 36.4 Å². The molecule has 3 aliphatic heterocycles.